The molecule has 146 valence electrons. The number of anilines is 2. The van der Waals surface area contributed by atoms with E-state index in [9.17, 15) is 14.4 Å². The zero-order valence-electron chi connectivity index (χ0n) is 15.6. The highest BCUT2D eigenvalue weighted by atomic mass is 19.1. The molecular formula is C20H18FN7O. The molecule has 8 nitrogen and oxygen atoms in total. The number of rotatable bonds is 5. The number of carbonyl (C=O) groups is 1. The minimum atomic E-state index is -0.510. The van der Waals surface area contributed by atoms with E-state index in [1.54, 1.807) is 19.1 Å². The van der Waals surface area contributed by atoms with Crippen LogP contribution in [-0.4, -0.2) is 26.9 Å². The molecule has 1 saturated carbocycles. The van der Waals surface area contributed by atoms with Gasteiger partial charge in [-0.3, -0.25) is 4.79 Å². The Hall–Kier alpha value is -3.80. The van der Waals surface area contributed by atoms with Gasteiger partial charge < -0.3 is 16.4 Å². The summed E-state index contributed by atoms with van der Waals surface area (Å²) in [5.41, 5.74) is 6.97. The lowest BCUT2D eigenvalue weighted by Gasteiger charge is -2.19. The van der Waals surface area contributed by atoms with Crippen LogP contribution in [0, 0.1) is 17.1 Å². The molecule has 1 fully saturated rings. The number of nitrogens with one attached hydrogen (secondary N) is 2. The summed E-state index contributed by atoms with van der Waals surface area (Å²) in [6, 6.07) is 7.69. The Morgan fingerprint density at radius 2 is 2.17 bits per heavy atom. The van der Waals surface area contributed by atoms with E-state index in [1.807, 2.05) is 6.07 Å². The lowest BCUT2D eigenvalue weighted by atomic mass is 10.0. The Morgan fingerprint density at radius 3 is 2.90 bits per heavy atom. The Labute approximate surface area is 166 Å². The van der Waals surface area contributed by atoms with Crippen LogP contribution in [-0.2, 0) is 0 Å². The van der Waals surface area contributed by atoms with Crippen molar-refractivity contribution in [1.82, 2.24) is 20.3 Å². The number of fused-ring (bicyclic) bond motifs is 1. The Bertz CT molecular complexity index is 1150. The third kappa shape index (κ3) is 3.65. The molecule has 0 spiro atoms. The van der Waals surface area contributed by atoms with Gasteiger partial charge in [0.25, 0.3) is 5.91 Å². The van der Waals surface area contributed by atoms with Crippen LogP contribution in [0.2, 0.25) is 0 Å². The van der Waals surface area contributed by atoms with E-state index in [4.69, 9.17) is 5.73 Å². The Kier molecular flexibility index (Phi) is 4.68. The molecule has 0 bridgehead atoms. The van der Waals surface area contributed by atoms with Crippen LogP contribution in [0.1, 0.15) is 47.4 Å². The number of carbonyl (C=O) groups excluding carboxylic acids is 1. The molecular weight excluding hydrogens is 373 g/mol. The van der Waals surface area contributed by atoms with Crippen molar-refractivity contribution in [3.63, 3.8) is 0 Å². The lowest BCUT2D eigenvalue weighted by molar-refractivity contribution is 0.0949. The number of hydrogen-bond donors (Lipinski definition) is 3. The first-order chi connectivity index (χ1) is 14.0. The minimum Gasteiger partial charge on any atom is -0.382 e. The molecule has 1 atom stereocenters. The predicted octanol–water partition coefficient (Wildman–Crippen LogP) is 2.68. The molecule has 2 heterocycles. The molecule has 9 heteroatoms. The molecule has 0 aliphatic heterocycles. The highest BCUT2D eigenvalue weighted by molar-refractivity contribution is 5.99. The minimum absolute atomic E-state index is 0.0532. The van der Waals surface area contributed by atoms with Crippen LogP contribution in [0.25, 0.3) is 10.9 Å². The number of hydrogen-bond acceptors (Lipinski definition) is 7. The lowest BCUT2D eigenvalue weighted by Crippen LogP contribution is -2.28. The second kappa shape index (κ2) is 7.31. The van der Waals surface area contributed by atoms with Crippen LogP contribution in [0.4, 0.5) is 16.0 Å². The van der Waals surface area contributed by atoms with Gasteiger partial charge in [-0.05, 0) is 38.0 Å². The molecule has 0 unspecified atom stereocenters. The first-order valence-corrected chi connectivity index (χ1v) is 9.15. The number of nitrogens with two attached hydrogens (primary N) is 1. The number of nitrogens with zero attached hydrogens (tertiary/aromatic N) is 4. The fraction of sp³-hybridized carbons (Fsp3) is 0.250. The van der Waals surface area contributed by atoms with Gasteiger partial charge in [0.15, 0.2) is 0 Å². The maximum absolute atomic E-state index is 14.3. The van der Waals surface area contributed by atoms with E-state index in [-0.39, 0.29) is 40.1 Å². The smallest absolute Gasteiger partial charge is 0.253 e. The fourth-order valence-corrected chi connectivity index (χ4v) is 3.07. The Morgan fingerprint density at radius 1 is 1.38 bits per heavy atom. The molecule has 29 heavy (non-hydrogen) atoms. The zero-order valence-corrected chi connectivity index (χ0v) is 15.6. The first kappa shape index (κ1) is 18.6. The van der Waals surface area contributed by atoms with E-state index >= 15 is 0 Å². The van der Waals surface area contributed by atoms with Crippen molar-refractivity contribution in [1.29, 1.82) is 5.26 Å². The molecule has 0 saturated heterocycles. The molecule has 3 aromatic rings. The monoisotopic (exact) mass is 391 g/mol. The molecule has 2 aromatic heterocycles. The summed E-state index contributed by atoms with van der Waals surface area (Å²) in [4.78, 5) is 25.2. The number of aromatic nitrogens is 3. The topological polar surface area (TPSA) is 130 Å². The van der Waals surface area contributed by atoms with Crippen LogP contribution >= 0.6 is 0 Å². The SMILES string of the molecule is C[C@H](Nc1ncnc(N)c1C#N)c1nc2cccc(F)c2cc1C(=O)NC1CC1. The van der Waals surface area contributed by atoms with Crippen LogP contribution in [0.5, 0.6) is 0 Å². The van der Waals surface area contributed by atoms with Gasteiger partial charge in [0.1, 0.15) is 35.4 Å². The van der Waals surface area contributed by atoms with E-state index in [2.05, 4.69) is 25.6 Å². The highest BCUT2D eigenvalue weighted by Crippen LogP contribution is 2.28. The van der Waals surface area contributed by atoms with E-state index in [1.165, 1.54) is 18.5 Å². The summed E-state index contributed by atoms with van der Waals surface area (Å²) in [5.74, 6) is -0.464. The van der Waals surface area contributed by atoms with E-state index in [0.717, 1.165) is 12.8 Å². The molecule has 1 aromatic carbocycles. The second-order valence-corrected chi connectivity index (χ2v) is 6.94. The van der Waals surface area contributed by atoms with Gasteiger partial charge in [-0.25, -0.2) is 19.3 Å². The fourth-order valence-electron chi connectivity index (χ4n) is 3.07. The molecule has 1 aliphatic rings. The van der Waals surface area contributed by atoms with E-state index in [0.29, 0.717) is 11.2 Å². The van der Waals surface area contributed by atoms with Gasteiger partial charge in [0.2, 0.25) is 0 Å². The van der Waals surface area contributed by atoms with Crippen molar-refractivity contribution in [2.45, 2.75) is 31.8 Å². The predicted molar refractivity (Wildman–Crippen MR) is 105 cm³/mol. The average molecular weight is 391 g/mol. The third-order valence-electron chi connectivity index (χ3n) is 4.74. The number of nitriles is 1. The summed E-state index contributed by atoms with van der Waals surface area (Å²) in [6.45, 7) is 1.78. The summed E-state index contributed by atoms with van der Waals surface area (Å²) >= 11 is 0. The van der Waals surface area contributed by atoms with Crippen molar-refractivity contribution >= 4 is 28.4 Å². The van der Waals surface area contributed by atoms with Crippen molar-refractivity contribution in [2.24, 2.45) is 0 Å². The van der Waals surface area contributed by atoms with Gasteiger partial charge in [0, 0.05) is 11.4 Å². The summed E-state index contributed by atoms with van der Waals surface area (Å²) in [7, 11) is 0. The van der Waals surface area contributed by atoms with Gasteiger partial charge in [-0.2, -0.15) is 5.26 Å². The maximum atomic E-state index is 14.3. The van der Waals surface area contributed by atoms with Gasteiger partial charge in [-0.1, -0.05) is 6.07 Å². The number of halogens is 1. The number of pyridine rings is 1. The van der Waals surface area contributed by atoms with Crippen molar-refractivity contribution in [3.8, 4) is 6.07 Å². The number of benzene rings is 1. The molecule has 4 rings (SSSR count). The largest absolute Gasteiger partial charge is 0.382 e. The standard InChI is InChI=1S/C20H18FN7O/c1-10(26-19-14(8-22)18(23)24-9-25-19)17-13(20(29)27-11-5-6-11)7-12-15(21)3-2-4-16(12)28-17/h2-4,7,9-11H,5-6H2,1H3,(H,27,29)(H3,23,24,25,26)/t10-/m0/s1. The summed E-state index contributed by atoms with van der Waals surface area (Å²) in [5, 5.41) is 15.6. The first-order valence-electron chi connectivity index (χ1n) is 9.15. The summed E-state index contributed by atoms with van der Waals surface area (Å²) in [6.07, 6.45) is 3.10. The van der Waals surface area contributed by atoms with E-state index < -0.39 is 11.9 Å². The average Bonchev–Trinajstić information content (AvgIpc) is 3.51. The molecule has 1 aliphatic carbocycles. The second-order valence-electron chi connectivity index (χ2n) is 6.94. The zero-order chi connectivity index (χ0) is 20.5. The van der Waals surface area contributed by atoms with Gasteiger partial charge >= 0.3 is 0 Å². The molecule has 4 N–H and O–H groups in total. The maximum Gasteiger partial charge on any atom is 0.253 e. The molecule has 1 amide bonds. The van der Waals surface area contributed by atoms with Crippen LogP contribution in [0.3, 0.4) is 0 Å². The van der Waals surface area contributed by atoms with Crippen molar-refractivity contribution < 1.29 is 9.18 Å². The van der Waals surface area contributed by atoms with Crippen LogP contribution < -0.4 is 16.4 Å². The summed E-state index contributed by atoms with van der Waals surface area (Å²) < 4.78 is 14.3. The van der Waals surface area contributed by atoms with Crippen molar-refractivity contribution in [3.05, 3.63) is 53.2 Å². The number of nitrogen functional groups attached to an aromatic ring is 1. The van der Waals surface area contributed by atoms with Gasteiger partial charge in [-0.15, -0.1) is 0 Å². The number of amides is 1. The highest BCUT2D eigenvalue weighted by Gasteiger charge is 2.27. The quantitative estimate of drug-likeness (QED) is 0.609. The normalized spacial score (nSPS) is 14.2. The van der Waals surface area contributed by atoms with Crippen LogP contribution in [0.15, 0.2) is 30.6 Å². The third-order valence-corrected chi connectivity index (χ3v) is 4.74. The molecule has 0 radical (unpaired) electrons. The Balaban J connectivity index is 1.77. The van der Waals surface area contributed by atoms with Gasteiger partial charge in [0.05, 0.1) is 22.8 Å². The van der Waals surface area contributed by atoms with Crippen molar-refractivity contribution in [2.75, 3.05) is 11.1 Å².